The zero-order valence-corrected chi connectivity index (χ0v) is 17.8. The summed E-state index contributed by atoms with van der Waals surface area (Å²) in [5.41, 5.74) is 5.07. The molecule has 1 aliphatic rings. The highest BCUT2D eigenvalue weighted by Crippen LogP contribution is 2.24. The summed E-state index contributed by atoms with van der Waals surface area (Å²) in [5, 5.41) is 3.04. The van der Waals surface area contributed by atoms with E-state index < -0.39 is 0 Å². The molecule has 0 aliphatic heterocycles. The second-order valence-corrected chi connectivity index (χ2v) is 7.47. The average Bonchev–Trinajstić information content (AvgIpc) is 2.88. The number of hydrogen-bond donors (Lipinski definition) is 1. The highest BCUT2D eigenvalue weighted by molar-refractivity contribution is 6.10. The zero-order valence-electron chi connectivity index (χ0n) is 17.8. The van der Waals surface area contributed by atoms with E-state index in [1.54, 1.807) is 0 Å². The molecule has 0 aromatic heterocycles. The van der Waals surface area contributed by atoms with Crippen LogP contribution in [-0.2, 0) is 11.2 Å². The van der Waals surface area contributed by atoms with Crippen LogP contribution in [0.1, 0.15) is 52.2 Å². The Balaban J connectivity index is 2.49. The molecule has 1 aromatic carbocycles. The molecule has 0 saturated carbocycles. The SMILES string of the molecule is C=C(/N=C(\NC(=O)C(C)C)C1=CC(CC)=CC=CC1C)c1cccc(CC)c1. The summed E-state index contributed by atoms with van der Waals surface area (Å²) in [6.45, 7) is 14.3. The summed E-state index contributed by atoms with van der Waals surface area (Å²) in [5.74, 6) is 0.558. The lowest BCUT2D eigenvalue weighted by atomic mass is 9.97. The fourth-order valence-corrected chi connectivity index (χ4v) is 2.93. The third kappa shape index (κ3) is 5.66. The molecule has 0 radical (unpaired) electrons. The van der Waals surface area contributed by atoms with Gasteiger partial charge in [0.25, 0.3) is 0 Å². The number of benzene rings is 1. The Labute approximate surface area is 169 Å². The maximum absolute atomic E-state index is 12.5. The fraction of sp³-hybridized carbons (Fsp3) is 0.360. The van der Waals surface area contributed by atoms with Gasteiger partial charge in [-0.3, -0.25) is 4.79 Å². The van der Waals surface area contributed by atoms with Crippen molar-refractivity contribution < 1.29 is 4.79 Å². The Bertz CT molecular complexity index is 853. The number of carbonyl (C=O) groups is 1. The van der Waals surface area contributed by atoms with Crippen molar-refractivity contribution >= 4 is 17.4 Å². The number of allylic oxidation sites excluding steroid dienone is 5. The van der Waals surface area contributed by atoms with E-state index in [-0.39, 0.29) is 17.7 Å². The van der Waals surface area contributed by atoms with Crippen molar-refractivity contribution in [3.05, 3.63) is 77.4 Å². The van der Waals surface area contributed by atoms with E-state index in [0.29, 0.717) is 11.5 Å². The minimum absolute atomic E-state index is 0.0442. The summed E-state index contributed by atoms with van der Waals surface area (Å²) in [4.78, 5) is 17.3. The van der Waals surface area contributed by atoms with Crippen molar-refractivity contribution in [2.75, 3.05) is 0 Å². The quantitative estimate of drug-likeness (QED) is 0.490. The first kappa shape index (κ1) is 21.6. The Morgan fingerprint density at radius 1 is 1.25 bits per heavy atom. The summed E-state index contributed by atoms with van der Waals surface area (Å²) >= 11 is 0. The number of carbonyl (C=O) groups excluding carboxylic acids is 1. The first-order chi connectivity index (χ1) is 13.3. The van der Waals surface area contributed by atoms with Gasteiger partial charge in [0.1, 0.15) is 5.84 Å². The lowest BCUT2D eigenvalue weighted by Gasteiger charge is -2.18. The van der Waals surface area contributed by atoms with Gasteiger partial charge in [-0.25, -0.2) is 4.99 Å². The second kappa shape index (κ2) is 10.0. The van der Waals surface area contributed by atoms with Crippen LogP contribution in [0.3, 0.4) is 0 Å². The summed E-state index contributed by atoms with van der Waals surface area (Å²) in [6, 6.07) is 8.24. The van der Waals surface area contributed by atoms with Gasteiger partial charge in [0.05, 0.1) is 5.70 Å². The maximum atomic E-state index is 12.5. The van der Waals surface area contributed by atoms with Crippen molar-refractivity contribution in [1.29, 1.82) is 0 Å². The lowest BCUT2D eigenvalue weighted by Crippen LogP contribution is -2.36. The first-order valence-electron chi connectivity index (χ1n) is 10.1. The van der Waals surface area contributed by atoms with Crippen LogP contribution in [0, 0.1) is 11.8 Å². The van der Waals surface area contributed by atoms with Gasteiger partial charge in [0.2, 0.25) is 5.91 Å². The molecule has 3 heteroatoms. The minimum atomic E-state index is -0.125. The van der Waals surface area contributed by atoms with Gasteiger partial charge in [0, 0.05) is 17.4 Å². The molecule has 1 aliphatic carbocycles. The number of rotatable bonds is 6. The average molecular weight is 377 g/mol. The van der Waals surface area contributed by atoms with Crippen LogP contribution >= 0.6 is 0 Å². The third-order valence-electron chi connectivity index (χ3n) is 4.90. The molecule has 0 spiro atoms. The van der Waals surface area contributed by atoms with Crippen molar-refractivity contribution in [2.45, 2.75) is 47.5 Å². The van der Waals surface area contributed by atoms with Gasteiger partial charge in [-0.05, 0) is 35.6 Å². The summed E-state index contributed by atoms with van der Waals surface area (Å²) < 4.78 is 0. The molecule has 1 unspecified atom stereocenters. The van der Waals surface area contributed by atoms with Gasteiger partial charge in [-0.1, -0.05) is 83.7 Å². The molecule has 0 saturated heterocycles. The molecule has 0 heterocycles. The number of aliphatic imine (C=N–C) groups is 1. The minimum Gasteiger partial charge on any atom is -0.310 e. The van der Waals surface area contributed by atoms with Crippen LogP contribution in [-0.4, -0.2) is 11.7 Å². The summed E-state index contributed by atoms with van der Waals surface area (Å²) in [7, 11) is 0. The van der Waals surface area contributed by atoms with E-state index in [2.05, 4.69) is 69.1 Å². The highest BCUT2D eigenvalue weighted by Gasteiger charge is 2.19. The Hall–Kier alpha value is -2.68. The molecular formula is C25H32N2O. The van der Waals surface area contributed by atoms with E-state index >= 15 is 0 Å². The standard InChI is InChI=1S/C25H32N2O/c1-7-20-13-10-14-22(15-20)19(6)26-24(27-25(28)17(3)4)23-16-21(8-2)12-9-11-18(23)5/h9-18H,6-8H2,1-5H3,(H,26,27,28). The molecule has 1 aromatic rings. The van der Waals surface area contributed by atoms with Crippen molar-refractivity contribution in [3.63, 3.8) is 0 Å². The summed E-state index contributed by atoms with van der Waals surface area (Å²) in [6.07, 6.45) is 10.3. The number of nitrogens with zero attached hydrogens (tertiary/aromatic N) is 1. The van der Waals surface area contributed by atoms with Crippen LogP contribution in [0.25, 0.3) is 5.70 Å². The molecule has 3 nitrogen and oxygen atoms in total. The molecule has 148 valence electrons. The molecule has 2 rings (SSSR count). The van der Waals surface area contributed by atoms with E-state index in [0.717, 1.165) is 24.0 Å². The van der Waals surface area contributed by atoms with Crippen LogP contribution < -0.4 is 5.32 Å². The molecule has 0 bridgehead atoms. The van der Waals surface area contributed by atoms with E-state index in [1.807, 2.05) is 26.0 Å². The predicted octanol–water partition coefficient (Wildman–Crippen LogP) is 5.86. The monoisotopic (exact) mass is 376 g/mol. The molecule has 0 fully saturated rings. The van der Waals surface area contributed by atoms with Gasteiger partial charge < -0.3 is 5.32 Å². The van der Waals surface area contributed by atoms with E-state index in [4.69, 9.17) is 4.99 Å². The number of nitrogens with one attached hydrogen (secondary N) is 1. The maximum Gasteiger partial charge on any atom is 0.228 e. The highest BCUT2D eigenvalue weighted by atomic mass is 16.1. The molecular weight excluding hydrogens is 344 g/mol. The predicted molar refractivity (Wildman–Crippen MR) is 120 cm³/mol. The zero-order chi connectivity index (χ0) is 20.7. The molecule has 28 heavy (non-hydrogen) atoms. The number of amidine groups is 1. The molecule has 1 amide bonds. The third-order valence-corrected chi connectivity index (χ3v) is 4.90. The van der Waals surface area contributed by atoms with Gasteiger partial charge in [-0.2, -0.15) is 0 Å². The van der Waals surface area contributed by atoms with Crippen molar-refractivity contribution in [1.82, 2.24) is 5.32 Å². The van der Waals surface area contributed by atoms with Crippen LogP contribution in [0.15, 0.2) is 71.3 Å². The Morgan fingerprint density at radius 2 is 2.00 bits per heavy atom. The number of hydrogen-bond acceptors (Lipinski definition) is 2. The second-order valence-electron chi connectivity index (χ2n) is 7.47. The van der Waals surface area contributed by atoms with Gasteiger partial charge >= 0.3 is 0 Å². The first-order valence-corrected chi connectivity index (χ1v) is 10.1. The number of amides is 1. The Morgan fingerprint density at radius 3 is 2.64 bits per heavy atom. The smallest absolute Gasteiger partial charge is 0.228 e. The van der Waals surface area contributed by atoms with Crippen LogP contribution in [0.2, 0.25) is 0 Å². The van der Waals surface area contributed by atoms with E-state index in [1.165, 1.54) is 11.1 Å². The largest absolute Gasteiger partial charge is 0.310 e. The number of aryl methyl sites for hydroxylation is 1. The van der Waals surface area contributed by atoms with E-state index in [9.17, 15) is 4.79 Å². The van der Waals surface area contributed by atoms with Crippen molar-refractivity contribution in [3.8, 4) is 0 Å². The normalized spacial score (nSPS) is 17.1. The fourth-order valence-electron chi connectivity index (χ4n) is 2.93. The van der Waals surface area contributed by atoms with Crippen molar-refractivity contribution in [2.24, 2.45) is 16.8 Å². The van der Waals surface area contributed by atoms with Gasteiger partial charge in [-0.15, -0.1) is 0 Å². The van der Waals surface area contributed by atoms with Crippen LogP contribution in [0.4, 0.5) is 0 Å². The molecule has 1 N–H and O–H groups in total. The van der Waals surface area contributed by atoms with Crippen LogP contribution in [0.5, 0.6) is 0 Å². The van der Waals surface area contributed by atoms with Gasteiger partial charge in [0.15, 0.2) is 0 Å². The lowest BCUT2D eigenvalue weighted by molar-refractivity contribution is -0.122. The topological polar surface area (TPSA) is 41.5 Å². The molecule has 1 atom stereocenters. The Kier molecular flexibility index (Phi) is 7.74.